The molecule has 2 heteroatoms. The van der Waals surface area contributed by atoms with Crippen molar-refractivity contribution in [1.82, 2.24) is 0 Å². The minimum absolute atomic E-state index is 0.236. The summed E-state index contributed by atoms with van der Waals surface area (Å²) in [5.41, 5.74) is 1.27. The van der Waals surface area contributed by atoms with Gasteiger partial charge in [0, 0.05) is 6.61 Å². The van der Waals surface area contributed by atoms with Gasteiger partial charge in [-0.05, 0) is 42.7 Å². The number of ether oxygens (including phenoxy) is 1. The zero-order valence-corrected chi connectivity index (χ0v) is 10.1. The molecule has 0 atom stereocenters. The molecule has 17 heavy (non-hydrogen) atoms. The van der Waals surface area contributed by atoms with Gasteiger partial charge in [0.2, 0.25) is 0 Å². The van der Waals surface area contributed by atoms with E-state index in [9.17, 15) is 0 Å². The van der Waals surface area contributed by atoms with Crippen molar-refractivity contribution in [1.29, 1.82) is 0 Å². The van der Waals surface area contributed by atoms with Crippen molar-refractivity contribution in [3.63, 3.8) is 0 Å². The van der Waals surface area contributed by atoms with Crippen LogP contribution in [0.1, 0.15) is 18.4 Å². The van der Waals surface area contributed by atoms with Crippen molar-refractivity contribution in [3.8, 4) is 5.75 Å². The predicted molar refractivity (Wildman–Crippen MR) is 70.5 cm³/mol. The highest BCUT2D eigenvalue weighted by Crippen LogP contribution is 2.22. The second-order valence-electron chi connectivity index (χ2n) is 4.29. The third-order valence-electron chi connectivity index (χ3n) is 2.79. The Morgan fingerprint density at radius 1 is 1.00 bits per heavy atom. The Hall–Kier alpha value is -1.54. The molecule has 0 aliphatic rings. The summed E-state index contributed by atoms with van der Waals surface area (Å²) in [6.45, 7) is 3.00. The molecule has 2 nitrogen and oxygen atoms in total. The lowest BCUT2D eigenvalue weighted by Gasteiger charge is -2.07. The lowest BCUT2D eigenvalue weighted by atomic mass is 10.1. The average Bonchev–Trinajstić information content (AvgIpc) is 2.35. The number of aliphatic hydroxyl groups is 1. The number of fused-ring (bicyclic) bond motifs is 1. The molecule has 2 aromatic rings. The summed E-state index contributed by atoms with van der Waals surface area (Å²) >= 11 is 0. The van der Waals surface area contributed by atoms with Crippen LogP contribution in [0.25, 0.3) is 10.8 Å². The van der Waals surface area contributed by atoms with Crippen LogP contribution in [0.5, 0.6) is 5.75 Å². The first-order valence-electron chi connectivity index (χ1n) is 6.04. The number of benzene rings is 2. The fraction of sp³-hybridized carbons (Fsp3) is 0.333. The second kappa shape index (κ2) is 5.69. The highest BCUT2D eigenvalue weighted by molar-refractivity contribution is 5.84. The smallest absolute Gasteiger partial charge is 0.119 e. The molecule has 0 amide bonds. The first kappa shape index (κ1) is 11.9. The van der Waals surface area contributed by atoms with Crippen LogP contribution in [-0.2, 0) is 0 Å². The monoisotopic (exact) mass is 230 g/mol. The minimum Gasteiger partial charge on any atom is -0.494 e. The summed E-state index contributed by atoms with van der Waals surface area (Å²) in [6, 6.07) is 12.5. The molecular formula is C15H18O2. The zero-order valence-electron chi connectivity index (χ0n) is 10.1. The molecule has 2 rings (SSSR count). The van der Waals surface area contributed by atoms with E-state index >= 15 is 0 Å². The number of aryl methyl sites for hydroxylation is 1. The van der Waals surface area contributed by atoms with Crippen LogP contribution in [0.15, 0.2) is 36.4 Å². The van der Waals surface area contributed by atoms with Gasteiger partial charge in [-0.25, -0.2) is 0 Å². The third-order valence-corrected chi connectivity index (χ3v) is 2.79. The predicted octanol–water partition coefficient (Wildman–Crippen LogP) is 3.30. The molecule has 0 fully saturated rings. The number of unbranched alkanes of at least 4 members (excludes halogenated alkanes) is 1. The van der Waals surface area contributed by atoms with E-state index in [2.05, 4.69) is 37.3 Å². The first-order chi connectivity index (χ1) is 8.29. The highest BCUT2D eigenvalue weighted by atomic mass is 16.5. The normalized spacial score (nSPS) is 10.7. The van der Waals surface area contributed by atoms with Crippen molar-refractivity contribution < 1.29 is 9.84 Å². The Morgan fingerprint density at radius 2 is 1.76 bits per heavy atom. The van der Waals surface area contributed by atoms with Gasteiger partial charge >= 0.3 is 0 Å². The lowest BCUT2D eigenvalue weighted by molar-refractivity contribution is 0.253. The van der Waals surface area contributed by atoms with Crippen LogP contribution < -0.4 is 4.74 Å². The molecule has 0 aromatic heterocycles. The molecule has 0 saturated carbocycles. The van der Waals surface area contributed by atoms with Crippen LogP contribution in [0.3, 0.4) is 0 Å². The maximum absolute atomic E-state index is 8.68. The molecule has 2 aromatic carbocycles. The topological polar surface area (TPSA) is 29.5 Å². The van der Waals surface area contributed by atoms with Crippen LogP contribution in [0.4, 0.5) is 0 Å². The summed E-state index contributed by atoms with van der Waals surface area (Å²) < 4.78 is 5.64. The summed E-state index contributed by atoms with van der Waals surface area (Å²) in [5, 5.41) is 11.1. The summed E-state index contributed by atoms with van der Waals surface area (Å²) in [7, 11) is 0. The molecule has 0 aliphatic heterocycles. The van der Waals surface area contributed by atoms with E-state index in [0.29, 0.717) is 6.61 Å². The zero-order chi connectivity index (χ0) is 12.1. The Balaban J connectivity index is 2.07. The SMILES string of the molecule is Cc1ccc2cc(OCCCCO)ccc2c1. The highest BCUT2D eigenvalue weighted by Gasteiger charge is 1.98. The van der Waals surface area contributed by atoms with Crippen LogP contribution in [0.2, 0.25) is 0 Å². The minimum atomic E-state index is 0.236. The molecule has 0 unspecified atom stereocenters. The molecule has 0 bridgehead atoms. The Labute approximate surface area is 102 Å². The Kier molecular flexibility index (Phi) is 3.99. The molecule has 1 N–H and O–H groups in total. The fourth-order valence-electron chi connectivity index (χ4n) is 1.84. The van der Waals surface area contributed by atoms with Crippen LogP contribution >= 0.6 is 0 Å². The molecule has 0 aliphatic carbocycles. The van der Waals surface area contributed by atoms with Crippen molar-refractivity contribution >= 4 is 10.8 Å². The van der Waals surface area contributed by atoms with E-state index in [1.54, 1.807) is 0 Å². The van der Waals surface area contributed by atoms with E-state index in [1.807, 2.05) is 6.07 Å². The van der Waals surface area contributed by atoms with Crippen molar-refractivity contribution in [2.75, 3.05) is 13.2 Å². The quantitative estimate of drug-likeness (QED) is 0.799. The van der Waals surface area contributed by atoms with Crippen LogP contribution in [-0.4, -0.2) is 18.3 Å². The maximum Gasteiger partial charge on any atom is 0.119 e. The van der Waals surface area contributed by atoms with Gasteiger partial charge in [0.25, 0.3) is 0 Å². The first-order valence-corrected chi connectivity index (χ1v) is 6.04. The summed E-state index contributed by atoms with van der Waals surface area (Å²) in [4.78, 5) is 0. The molecule has 0 saturated heterocycles. The third kappa shape index (κ3) is 3.21. The molecule has 90 valence electrons. The van der Waals surface area contributed by atoms with E-state index < -0.39 is 0 Å². The molecule has 0 spiro atoms. The van der Waals surface area contributed by atoms with E-state index in [4.69, 9.17) is 9.84 Å². The van der Waals surface area contributed by atoms with E-state index in [1.165, 1.54) is 16.3 Å². The van der Waals surface area contributed by atoms with Gasteiger partial charge in [-0.3, -0.25) is 0 Å². The summed E-state index contributed by atoms with van der Waals surface area (Å²) in [5.74, 6) is 0.902. The molecular weight excluding hydrogens is 212 g/mol. The molecule has 0 heterocycles. The second-order valence-corrected chi connectivity index (χ2v) is 4.29. The van der Waals surface area contributed by atoms with Crippen LogP contribution in [0, 0.1) is 6.92 Å². The lowest BCUT2D eigenvalue weighted by Crippen LogP contribution is -1.98. The van der Waals surface area contributed by atoms with Gasteiger partial charge in [0.1, 0.15) is 5.75 Å². The van der Waals surface area contributed by atoms with E-state index in [-0.39, 0.29) is 6.61 Å². The van der Waals surface area contributed by atoms with Gasteiger partial charge < -0.3 is 9.84 Å². The van der Waals surface area contributed by atoms with Crippen molar-refractivity contribution in [2.24, 2.45) is 0 Å². The van der Waals surface area contributed by atoms with E-state index in [0.717, 1.165) is 18.6 Å². The van der Waals surface area contributed by atoms with Gasteiger partial charge in [-0.1, -0.05) is 29.8 Å². The average molecular weight is 230 g/mol. The van der Waals surface area contributed by atoms with Gasteiger partial charge in [0.15, 0.2) is 0 Å². The van der Waals surface area contributed by atoms with Crippen molar-refractivity contribution in [3.05, 3.63) is 42.0 Å². The van der Waals surface area contributed by atoms with Gasteiger partial charge in [0.05, 0.1) is 6.61 Å². The van der Waals surface area contributed by atoms with Crippen molar-refractivity contribution in [2.45, 2.75) is 19.8 Å². The summed E-state index contributed by atoms with van der Waals surface area (Å²) in [6.07, 6.45) is 1.69. The fourth-order valence-corrected chi connectivity index (χ4v) is 1.84. The van der Waals surface area contributed by atoms with Gasteiger partial charge in [-0.2, -0.15) is 0 Å². The largest absolute Gasteiger partial charge is 0.494 e. The number of aliphatic hydroxyl groups excluding tert-OH is 1. The van der Waals surface area contributed by atoms with Gasteiger partial charge in [-0.15, -0.1) is 0 Å². The Morgan fingerprint density at radius 3 is 2.59 bits per heavy atom. The molecule has 0 radical (unpaired) electrons. The maximum atomic E-state index is 8.68. The number of hydrogen-bond donors (Lipinski definition) is 1. The number of hydrogen-bond acceptors (Lipinski definition) is 2. The standard InChI is InChI=1S/C15H18O2/c1-12-4-5-14-11-15(7-6-13(14)10-12)17-9-3-2-8-16/h4-7,10-11,16H,2-3,8-9H2,1H3. The number of rotatable bonds is 5. The Bertz CT molecular complexity index is 491.